The fourth-order valence-corrected chi connectivity index (χ4v) is 5.13. The number of anilines is 1. The largest absolute Gasteiger partial charge is 0.497 e. The SMILES string of the molecule is CCCCn1c(SCc2c(C(=O)OCC)sc(N)c2C#N)nnc1-c1ccc(OC)cc1. The molecule has 1 aromatic carbocycles. The first-order chi connectivity index (χ1) is 15.5. The molecular formula is C22H25N5O3S2. The number of nitriles is 1. The number of carbonyl (C=O) groups is 1. The van der Waals surface area contributed by atoms with Gasteiger partial charge in [0.2, 0.25) is 0 Å². The number of methoxy groups -OCH3 is 1. The van der Waals surface area contributed by atoms with Gasteiger partial charge >= 0.3 is 5.97 Å². The van der Waals surface area contributed by atoms with Gasteiger partial charge in [-0.15, -0.1) is 21.5 Å². The Morgan fingerprint density at radius 3 is 2.66 bits per heavy atom. The number of thiophene rings is 1. The smallest absolute Gasteiger partial charge is 0.348 e. The minimum Gasteiger partial charge on any atom is -0.497 e. The number of rotatable bonds is 10. The van der Waals surface area contributed by atoms with Crippen molar-refractivity contribution >= 4 is 34.1 Å². The maximum atomic E-state index is 12.4. The van der Waals surface area contributed by atoms with Crippen molar-refractivity contribution in [2.24, 2.45) is 0 Å². The van der Waals surface area contributed by atoms with Crippen LogP contribution in [-0.2, 0) is 17.0 Å². The van der Waals surface area contributed by atoms with Gasteiger partial charge in [0.05, 0.1) is 19.3 Å². The number of benzene rings is 1. The summed E-state index contributed by atoms with van der Waals surface area (Å²) in [6.07, 6.45) is 1.99. The van der Waals surface area contributed by atoms with Gasteiger partial charge in [-0.05, 0) is 37.6 Å². The first-order valence-corrected chi connectivity index (χ1v) is 12.0. The third kappa shape index (κ3) is 5.06. The van der Waals surface area contributed by atoms with Crippen LogP contribution >= 0.6 is 23.1 Å². The number of nitrogens with zero attached hydrogens (tertiary/aromatic N) is 4. The summed E-state index contributed by atoms with van der Waals surface area (Å²) >= 11 is 2.51. The number of carbonyl (C=O) groups excluding carboxylic acids is 1. The first-order valence-electron chi connectivity index (χ1n) is 10.2. The highest BCUT2D eigenvalue weighted by Crippen LogP contribution is 2.36. The highest BCUT2D eigenvalue weighted by Gasteiger charge is 2.24. The van der Waals surface area contributed by atoms with E-state index in [2.05, 4.69) is 27.8 Å². The van der Waals surface area contributed by atoms with Crippen LogP contribution in [0.25, 0.3) is 11.4 Å². The Balaban J connectivity index is 1.92. The second kappa shape index (κ2) is 11.0. The zero-order chi connectivity index (χ0) is 23.1. The molecule has 168 valence electrons. The molecule has 0 radical (unpaired) electrons. The molecule has 0 aliphatic carbocycles. The van der Waals surface area contributed by atoms with Crippen molar-refractivity contribution in [1.82, 2.24) is 14.8 Å². The Labute approximate surface area is 195 Å². The van der Waals surface area contributed by atoms with Crippen LogP contribution in [0, 0.1) is 11.3 Å². The molecule has 0 unspecified atom stereocenters. The fraction of sp³-hybridized carbons (Fsp3) is 0.364. The lowest BCUT2D eigenvalue weighted by atomic mass is 10.2. The number of nitrogen functional groups attached to an aromatic ring is 1. The predicted octanol–water partition coefficient (Wildman–Crippen LogP) is 4.74. The molecule has 0 amide bonds. The van der Waals surface area contributed by atoms with E-state index in [0.29, 0.717) is 31.9 Å². The van der Waals surface area contributed by atoms with E-state index in [-0.39, 0.29) is 6.61 Å². The molecule has 2 N–H and O–H groups in total. The molecule has 2 aromatic heterocycles. The monoisotopic (exact) mass is 471 g/mol. The second-order valence-electron chi connectivity index (χ2n) is 6.81. The third-order valence-corrected chi connectivity index (χ3v) is 6.79. The number of esters is 1. The van der Waals surface area contributed by atoms with E-state index >= 15 is 0 Å². The van der Waals surface area contributed by atoms with Crippen LogP contribution < -0.4 is 10.5 Å². The average Bonchev–Trinajstić information content (AvgIpc) is 3.36. The van der Waals surface area contributed by atoms with Gasteiger partial charge in [0.1, 0.15) is 21.7 Å². The lowest BCUT2D eigenvalue weighted by molar-refractivity contribution is 0.0531. The topological polar surface area (TPSA) is 116 Å². The van der Waals surface area contributed by atoms with Crippen LogP contribution in [0.5, 0.6) is 5.75 Å². The highest BCUT2D eigenvalue weighted by atomic mass is 32.2. The van der Waals surface area contributed by atoms with Gasteiger partial charge in [-0.1, -0.05) is 25.1 Å². The molecule has 0 aliphatic rings. The molecule has 0 bridgehead atoms. The molecule has 0 fully saturated rings. The fourth-order valence-electron chi connectivity index (χ4n) is 3.11. The van der Waals surface area contributed by atoms with Crippen LogP contribution in [-0.4, -0.2) is 34.5 Å². The highest BCUT2D eigenvalue weighted by molar-refractivity contribution is 7.98. The van der Waals surface area contributed by atoms with Crippen LogP contribution in [0.15, 0.2) is 29.4 Å². The zero-order valence-corrected chi connectivity index (χ0v) is 19.9. The number of ether oxygens (including phenoxy) is 2. The second-order valence-corrected chi connectivity index (χ2v) is 8.80. The number of thioether (sulfide) groups is 1. The standard InChI is InChI=1S/C22H25N5O3S2/c1-4-6-11-27-20(14-7-9-15(29-3)10-8-14)25-26-22(27)31-13-17-16(12-23)19(24)32-18(17)21(28)30-5-2/h7-10H,4-6,11,13,24H2,1-3H3. The maximum Gasteiger partial charge on any atom is 0.348 e. The zero-order valence-electron chi connectivity index (χ0n) is 18.3. The molecule has 0 spiro atoms. The molecule has 8 nitrogen and oxygen atoms in total. The Bertz CT molecular complexity index is 1120. The van der Waals surface area contributed by atoms with E-state index in [1.54, 1.807) is 14.0 Å². The normalized spacial score (nSPS) is 10.7. The summed E-state index contributed by atoms with van der Waals surface area (Å²) in [5, 5.41) is 19.4. The van der Waals surface area contributed by atoms with E-state index in [4.69, 9.17) is 15.2 Å². The number of nitrogens with two attached hydrogens (primary N) is 1. The van der Waals surface area contributed by atoms with Crippen molar-refractivity contribution in [3.8, 4) is 23.2 Å². The van der Waals surface area contributed by atoms with E-state index < -0.39 is 5.97 Å². The molecule has 32 heavy (non-hydrogen) atoms. The average molecular weight is 472 g/mol. The minimum absolute atomic E-state index is 0.252. The van der Waals surface area contributed by atoms with Gasteiger partial charge in [-0.25, -0.2) is 4.79 Å². The van der Waals surface area contributed by atoms with E-state index in [0.717, 1.165) is 47.9 Å². The first kappa shape index (κ1) is 23.6. The van der Waals surface area contributed by atoms with Crippen LogP contribution in [0.4, 0.5) is 5.00 Å². The molecule has 3 rings (SSSR count). The number of hydrogen-bond donors (Lipinski definition) is 1. The van der Waals surface area contributed by atoms with Gasteiger partial charge in [0.25, 0.3) is 0 Å². The van der Waals surface area contributed by atoms with Crippen molar-refractivity contribution in [3.05, 3.63) is 40.3 Å². The Morgan fingerprint density at radius 1 is 1.28 bits per heavy atom. The van der Waals surface area contributed by atoms with Gasteiger partial charge in [0, 0.05) is 23.4 Å². The lowest BCUT2D eigenvalue weighted by Crippen LogP contribution is -2.06. The molecular weight excluding hydrogens is 446 g/mol. The Hall–Kier alpha value is -3.03. The molecule has 0 aliphatic heterocycles. The minimum atomic E-state index is -0.465. The third-order valence-electron chi connectivity index (χ3n) is 4.75. The molecule has 3 aromatic rings. The van der Waals surface area contributed by atoms with Gasteiger partial charge < -0.3 is 19.8 Å². The van der Waals surface area contributed by atoms with Crippen LogP contribution in [0.1, 0.15) is 47.5 Å². The summed E-state index contributed by atoms with van der Waals surface area (Å²) in [7, 11) is 1.63. The van der Waals surface area contributed by atoms with E-state index in [1.807, 2.05) is 24.3 Å². The summed E-state index contributed by atoms with van der Waals surface area (Å²) in [4.78, 5) is 12.7. The Morgan fingerprint density at radius 2 is 2.03 bits per heavy atom. The quantitative estimate of drug-likeness (QED) is 0.333. The van der Waals surface area contributed by atoms with E-state index in [1.165, 1.54) is 11.8 Å². The van der Waals surface area contributed by atoms with Crippen molar-refractivity contribution in [2.75, 3.05) is 19.5 Å². The van der Waals surface area contributed by atoms with Gasteiger partial charge in [-0.2, -0.15) is 5.26 Å². The Kier molecular flexibility index (Phi) is 8.14. The molecule has 0 atom stereocenters. The molecule has 10 heteroatoms. The number of aromatic nitrogens is 3. The van der Waals surface area contributed by atoms with Gasteiger partial charge in [0.15, 0.2) is 11.0 Å². The molecule has 0 saturated carbocycles. The predicted molar refractivity (Wildman–Crippen MR) is 126 cm³/mol. The number of hydrogen-bond acceptors (Lipinski definition) is 9. The lowest BCUT2D eigenvalue weighted by Gasteiger charge is -2.10. The van der Waals surface area contributed by atoms with Crippen molar-refractivity contribution in [1.29, 1.82) is 5.26 Å². The van der Waals surface area contributed by atoms with Crippen molar-refractivity contribution < 1.29 is 14.3 Å². The maximum absolute atomic E-state index is 12.4. The molecule has 0 saturated heterocycles. The summed E-state index contributed by atoms with van der Waals surface area (Å²) in [5.41, 5.74) is 7.82. The summed E-state index contributed by atoms with van der Waals surface area (Å²) in [5.74, 6) is 1.43. The molecule has 2 heterocycles. The van der Waals surface area contributed by atoms with Crippen molar-refractivity contribution in [3.63, 3.8) is 0 Å². The summed E-state index contributed by atoms with van der Waals surface area (Å²) in [6.45, 7) is 4.88. The van der Waals surface area contributed by atoms with Gasteiger partial charge in [-0.3, -0.25) is 0 Å². The van der Waals surface area contributed by atoms with E-state index in [9.17, 15) is 10.1 Å². The van der Waals surface area contributed by atoms with Crippen LogP contribution in [0.3, 0.4) is 0 Å². The summed E-state index contributed by atoms with van der Waals surface area (Å²) < 4.78 is 12.5. The van der Waals surface area contributed by atoms with Crippen molar-refractivity contribution in [2.45, 2.75) is 44.1 Å². The number of unbranched alkanes of at least 4 members (excludes halogenated alkanes) is 1. The summed E-state index contributed by atoms with van der Waals surface area (Å²) in [6, 6.07) is 9.80. The van der Waals surface area contributed by atoms with Crippen LogP contribution in [0.2, 0.25) is 0 Å².